The summed E-state index contributed by atoms with van der Waals surface area (Å²) in [5.41, 5.74) is 2.23. The maximum atomic E-state index is 12.6. The number of carbonyl (C=O) groups excluding carboxylic acids is 1. The molecule has 1 amide bonds. The van der Waals surface area contributed by atoms with Gasteiger partial charge in [0.15, 0.2) is 0 Å². The Morgan fingerprint density at radius 3 is 2.74 bits per heavy atom. The summed E-state index contributed by atoms with van der Waals surface area (Å²) in [5, 5.41) is 3.24. The van der Waals surface area contributed by atoms with Crippen LogP contribution in [-0.2, 0) is 6.61 Å². The lowest BCUT2D eigenvalue weighted by atomic mass is 10.1. The lowest BCUT2D eigenvalue weighted by Crippen LogP contribution is -2.33. The molecular weight excluding hydrogens is 306 g/mol. The molecule has 1 aromatic heterocycles. The number of hydrogen-bond donors (Lipinski definition) is 1. The average molecular weight is 327 g/mol. The Kier molecular flexibility index (Phi) is 4.08. The van der Waals surface area contributed by atoms with E-state index in [9.17, 15) is 4.79 Å². The summed E-state index contributed by atoms with van der Waals surface area (Å²) in [6.45, 7) is 0.555. The summed E-state index contributed by atoms with van der Waals surface area (Å²) >= 11 is 1.59. The predicted molar refractivity (Wildman–Crippen MR) is 93.0 cm³/mol. The first-order chi connectivity index (χ1) is 11.3. The molecule has 1 aliphatic carbocycles. The lowest BCUT2D eigenvalue weighted by Gasteiger charge is -2.16. The van der Waals surface area contributed by atoms with Gasteiger partial charge in [0.2, 0.25) is 0 Å². The van der Waals surface area contributed by atoms with E-state index in [0.29, 0.717) is 12.6 Å². The van der Waals surface area contributed by atoms with Crippen LogP contribution >= 0.6 is 11.3 Å². The average Bonchev–Trinajstić information content (AvgIpc) is 2.87. The second kappa shape index (κ2) is 6.36. The molecule has 23 heavy (non-hydrogen) atoms. The Morgan fingerprint density at radius 1 is 1.13 bits per heavy atom. The van der Waals surface area contributed by atoms with Crippen LogP contribution in [0.4, 0.5) is 0 Å². The molecule has 0 bridgehead atoms. The molecule has 0 unspecified atom stereocenters. The Balaban J connectivity index is 1.55. The van der Waals surface area contributed by atoms with Crippen LogP contribution in [0.25, 0.3) is 10.4 Å². The monoisotopic (exact) mass is 327 g/mol. The van der Waals surface area contributed by atoms with Crippen LogP contribution in [0.2, 0.25) is 0 Å². The number of benzene rings is 1. The molecule has 1 aromatic carbocycles. The summed E-state index contributed by atoms with van der Waals surface area (Å²) in [5.74, 6) is 0.992. The van der Waals surface area contributed by atoms with Crippen molar-refractivity contribution in [1.82, 2.24) is 5.32 Å². The molecule has 0 atom stereocenters. The zero-order valence-corrected chi connectivity index (χ0v) is 14.0. The fourth-order valence-electron chi connectivity index (χ4n) is 3.49. The van der Waals surface area contributed by atoms with Crippen LogP contribution in [0, 0.1) is 0 Å². The third-order valence-electron chi connectivity index (χ3n) is 4.74. The van der Waals surface area contributed by atoms with Crippen molar-refractivity contribution in [2.24, 2.45) is 0 Å². The fraction of sp³-hybridized carbons (Fsp3) is 0.421. The number of carbonyl (C=O) groups is 1. The molecule has 1 saturated carbocycles. The summed E-state index contributed by atoms with van der Waals surface area (Å²) < 4.78 is 5.78. The number of rotatable bonds is 2. The van der Waals surface area contributed by atoms with E-state index in [1.54, 1.807) is 11.3 Å². The number of nitrogens with one attached hydrogen (secondary N) is 1. The minimum Gasteiger partial charge on any atom is -0.488 e. The molecule has 3 nitrogen and oxygen atoms in total. The van der Waals surface area contributed by atoms with Gasteiger partial charge >= 0.3 is 0 Å². The first kappa shape index (κ1) is 14.8. The Morgan fingerprint density at radius 2 is 1.91 bits per heavy atom. The van der Waals surface area contributed by atoms with E-state index in [1.807, 2.05) is 24.3 Å². The van der Waals surface area contributed by atoms with Crippen LogP contribution in [0.3, 0.4) is 0 Å². The molecule has 4 heteroatoms. The van der Waals surface area contributed by atoms with Crippen molar-refractivity contribution in [3.8, 4) is 16.2 Å². The minimum absolute atomic E-state index is 0.0776. The standard InChI is InChI=1S/C19H21NO2S/c21-19(20-14-7-3-1-2-4-8-14)17-11-13-12-22-16-10-6-5-9-15(16)18(13)23-17/h5-6,9-11,14H,1-4,7-8,12H2,(H,20,21). The van der Waals surface area contributed by atoms with E-state index >= 15 is 0 Å². The summed E-state index contributed by atoms with van der Waals surface area (Å²) in [6.07, 6.45) is 7.29. The van der Waals surface area contributed by atoms with Crippen LogP contribution in [0.15, 0.2) is 30.3 Å². The third-order valence-corrected chi connectivity index (χ3v) is 5.95. The number of thiophene rings is 1. The van der Waals surface area contributed by atoms with E-state index < -0.39 is 0 Å². The highest BCUT2D eigenvalue weighted by atomic mass is 32.1. The Labute approximate surface area is 140 Å². The van der Waals surface area contributed by atoms with E-state index in [0.717, 1.165) is 34.6 Å². The van der Waals surface area contributed by atoms with Crippen LogP contribution < -0.4 is 10.1 Å². The molecule has 0 saturated heterocycles. The number of hydrogen-bond acceptors (Lipinski definition) is 3. The summed E-state index contributed by atoms with van der Waals surface area (Å²) in [7, 11) is 0. The SMILES string of the molecule is O=C(NC1CCCCCC1)c1cc2c(s1)-c1ccccc1OC2. The molecule has 0 spiro atoms. The lowest BCUT2D eigenvalue weighted by molar-refractivity contribution is 0.0937. The topological polar surface area (TPSA) is 38.3 Å². The second-order valence-corrected chi connectivity index (χ2v) is 7.46. The van der Waals surface area contributed by atoms with E-state index in [-0.39, 0.29) is 5.91 Å². The minimum atomic E-state index is 0.0776. The molecular formula is C19H21NO2S. The molecule has 1 aliphatic heterocycles. The number of ether oxygens (including phenoxy) is 1. The van der Waals surface area contributed by atoms with Crippen molar-refractivity contribution < 1.29 is 9.53 Å². The largest absolute Gasteiger partial charge is 0.488 e. The second-order valence-electron chi connectivity index (χ2n) is 6.41. The van der Waals surface area contributed by atoms with E-state index in [4.69, 9.17) is 4.74 Å². The highest BCUT2D eigenvalue weighted by Crippen LogP contribution is 2.42. The van der Waals surface area contributed by atoms with Gasteiger partial charge in [-0.2, -0.15) is 0 Å². The van der Waals surface area contributed by atoms with Crippen molar-refractivity contribution in [1.29, 1.82) is 0 Å². The molecule has 2 aromatic rings. The van der Waals surface area contributed by atoms with Crippen LogP contribution in [-0.4, -0.2) is 11.9 Å². The van der Waals surface area contributed by atoms with Gasteiger partial charge in [-0.1, -0.05) is 37.8 Å². The zero-order chi connectivity index (χ0) is 15.6. The molecule has 2 heterocycles. The van der Waals surface area contributed by atoms with Gasteiger partial charge in [-0.25, -0.2) is 0 Å². The molecule has 1 fully saturated rings. The first-order valence-electron chi connectivity index (χ1n) is 8.47. The van der Waals surface area contributed by atoms with Crippen molar-refractivity contribution in [3.63, 3.8) is 0 Å². The van der Waals surface area contributed by atoms with Crippen LogP contribution in [0.1, 0.15) is 53.8 Å². The third kappa shape index (κ3) is 3.00. The van der Waals surface area contributed by atoms with Crippen molar-refractivity contribution in [3.05, 3.63) is 40.8 Å². The van der Waals surface area contributed by atoms with Gasteiger partial charge in [-0.15, -0.1) is 11.3 Å². The van der Waals surface area contributed by atoms with Gasteiger partial charge < -0.3 is 10.1 Å². The fourth-order valence-corrected chi connectivity index (χ4v) is 4.59. The van der Waals surface area contributed by atoms with Gasteiger partial charge in [0.1, 0.15) is 12.4 Å². The highest BCUT2D eigenvalue weighted by molar-refractivity contribution is 7.17. The quantitative estimate of drug-likeness (QED) is 0.808. The van der Waals surface area contributed by atoms with Crippen molar-refractivity contribution >= 4 is 17.2 Å². The van der Waals surface area contributed by atoms with Gasteiger partial charge in [-0.05, 0) is 31.0 Å². The smallest absolute Gasteiger partial charge is 0.261 e. The van der Waals surface area contributed by atoms with Gasteiger partial charge in [-0.3, -0.25) is 4.79 Å². The van der Waals surface area contributed by atoms with Crippen molar-refractivity contribution in [2.45, 2.75) is 51.2 Å². The molecule has 2 aliphatic rings. The Bertz CT molecular complexity index is 714. The number of para-hydroxylation sites is 1. The summed E-state index contributed by atoms with van der Waals surface area (Å²) in [6, 6.07) is 10.4. The zero-order valence-electron chi connectivity index (χ0n) is 13.1. The van der Waals surface area contributed by atoms with Gasteiger partial charge in [0.05, 0.1) is 4.88 Å². The molecule has 4 rings (SSSR count). The normalized spacial score (nSPS) is 17.6. The maximum Gasteiger partial charge on any atom is 0.261 e. The Hall–Kier alpha value is -1.81. The number of fused-ring (bicyclic) bond motifs is 3. The number of amides is 1. The first-order valence-corrected chi connectivity index (χ1v) is 9.29. The van der Waals surface area contributed by atoms with Gasteiger partial charge in [0, 0.05) is 22.0 Å². The van der Waals surface area contributed by atoms with E-state index in [2.05, 4.69) is 11.4 Å². The van der Waals surface area contributed by atoms with E-state index in [1.165, 1.54) is 30.6 Å². The maximum absolute atomic E-state index is 12.6. The molecule has 0 radical (unpaired) electrons. The molecule has 1 N–H and O–H groups in total. The van der Waals surface area contributed by atoms with Crippen molar-refractivity contribution in [2.75, 3.05) is 0 Å². The van der Waals surface area contributed by atoms with Gasteiger partial charge in [0.25, 0.3) is 5.91 Å². The molecule has 120 valence electrons. The van der Waals surface area contributed by atoms with Crippen LogP contribution in [0.5, 0.6) is 5.75 Å². The summed E-state index contributed by atoms with van der Waals surface area (Å²) in [4.78, 5) is 14.6. The highest BCUT2D eigenvalue weighted by Gasteiger charge is 2.23. The predicted octanol–water partition coefficient (Wildman–Crippen LogP) is 4.76.